The number of aromatic nitrogens is 3. The zero-order valence-electron chi connectivity index (χ0n) is 13.1. The Labute approximate surface area is 168 Å². The second-order valence-corrected chi connectivity index (χ2v) is 7.17. The van der Waals surface area contributed by atoms with Crippen LogP contribution in [-0.4, -0.2) is 14.8 Å². The number of hydrogen-bond acceptors (Lipinski definition) is 3. The minimum Gasteiger partial charge on any atom is -0.267 e. The minimum atomic E-state index is -0.612. The standard InChI is InChI=1S/C17H11Cl4N3O2/c18-11-3-1-9(5-13(11)20)7-15-16(25)24(17(26)23-22-15)8-10-2-4-12(19)14(21)6-10/h1-6H,7-8H2,(H,23,26). The van der Waals surface area contributed by atoms with Crippen molar-refractivity contribution in [1.82, 2.24) is 14.8 Å². The fraction of sp³-hybridized carbons (Fsp3) is 0.118. The molecule has 134 valence electrons. The summed E-state index contributed by atoms with van der Waals surface area (Å²) in [5.41, 5.74) is 0.490. The molecule has 0 saturated heterocycles. The molecule has 1 N–H and O–H groups in total. The molecule has 1 aromatic heterocycles. The van der Waals surface area contributed by atoms with Crippen molar-refractivity contribution in [3.8, 4) is 0 Å². The lowest BCUT2D eigenvalue weighted by atomic mass is 10.1. The van der Waals surface area contributed by atoms with Crippen LogP contribution in [0.25, 0.3) is 0 Å². The van der Waals surface area contributed by atoms with Gasteiger partial charge in [0, 0.05) is 6.42 Å². The van der Waals surface area contributed by atoms with Crippen LogP contribution in [0.1, 0.15) is 16.8 Å². The van der Waals surface area contributed by atoms with Crippen molar-refractivity contribution in [2.45, 2.75) is 13.0 Å². The number of nitrogens with one attached hydrogen (secondary N) is 1. The maximum atomic E-state index is 12.7. The molecular weight excluding hydrogens is 420 g/mol. The zero-order valence-corrected chi connectivity index (χ0v) is 16.1. The third-order valence-electron chi connectivity index (χ3n) is 3.70. The second-order valence-electron chi connectivity index (χ2n) is 5.54. The monoisotopic (exact) mass is 429 g/mol. The molecule has 0 amide bonds. The van der Waals surface area contributed by atoms with Gasteiger partial charge in [-0.15, -0.1) is 0 Å². The fourth-order valence-electron chi connectivity index (χ4n) is 2.39. The number of hydrogen-bond donors (Lipinski definition) is 1. The molecule has 2 aromatic carbocycles. The molecule has 1 heterocycles. The Bertz CT molecular complexity index is 1090. The van der Waals surface area contributed by atoms with E-state index in [1.807, 2.05) is 0 Å². The van der Waals surface area contributed by atoms with Crippen LogP contribution in [-0.2, 0) is 13.0 Å². The van der Waals surface area contributed by atoms with E-state index >= 15 is 0 Å². The van der Waals surface area contributed by atoms with Crippen molar-refractivity contribution in [3.63, 3.8) is 0 Å². The summed E-state index contributed by atoms with van der Waals surface area (Å²) in [6, 6.07) is 9.94. The number of benzene rings is 2. The third kappa shape index (κ3) is 4.13. The van der Waals surface area contributed by atoms with Gasteiger partial charge in [-0.2, -0.15) is 5.10 Å². The predicted molar refractivity (Wildman–Crippen MR) is 104 cm³/mol. The van der Waals surface area contributed by atoms with Crippen LogP contribution in [0, 0.1) is 0 Å². The summed E-state index contributed by atoms with van der Waals surface area (Å²) >= 11 is 23.8. The number of rotatable bonds is 4. The average Bonchev–Trinajstić information content (AvgIpc) is 2.60. The van der Waals surface area contributed by atoms with Gasteiger partial charge in [-0.1, -0.05) is 58.5 Å². The number of H-pyrrole nitrogens is 1. The Morgan fingerprint density at radius 3 is 2.04 bits per heavy atom. The van der Waals surface area contributed by atoms with E-state index in [9.17, 15) is 9.59 Å². The molecule has 0 saturated carbocycles. The summed E-state index contributed by atoms with van der Waals surface area (Å²) in [6.07, 6.45) is 0.202. The van der Waals surface area contributed by atoms with E-state index in [0.29, 0.717) is 25.7 Å². The molecule has 9 heteroatoms. The summed E-state index contributed by atoms with van der Waals surface area (Å²) in [5, 5.41) is 7.75. The third-order valence-corrected chi connectivity index (χ3v) is 5.18. The Kier molecular flexibility index (Phi) is 5.73. The van der Waals surface area contributed by atoms with E-state index in [2.05, 4.69) is 10.2 Å². The van der Waals surface area contributed by atoms with E-state index in [4.69, 9.17) is 46.4 Å². The van der Waals surface area contributed by atoms with Crippen LogP contribution in [0.2, 0.25) is 20.1 Å². The predicted octanol–water partition coefficient (Wildman–Crippen LogP) is 4.18. The Morgan fingerprint density at radius 1 is 0.846 bits per heavy atom. The average molecular weight is 431 g/mol. The van der Waals surface area contributed by atoms with E-state index in [-0.39, 0.29) is 18.7 Å². The Morgan fingerprint density at radius 2 is 1.42 bits per heavy atom. The maximum absolute atomic E-state index is 12.7. The highest BCUT2D eigenvalue weighted by Gasteiger charge is 2.12. The van der Waals surface area contributed by atoms with Crippen LogP contribution in [0.4, 0.5) is 0 Å². The molecule has 0 aliphatic rings. The summed E-state index contributed by atoms with van der Waals surface area (Å²) in [4.78, 5) is 24.7. The Hall–Kier alpha value is -1.79. The summed E-state index contributed by atoms with van der Waals surface area (Å²) in [7, 11) is 0. The molecule has 0 fully saturated rings. The van der Waals surface area contributed by atoms with Crippen molar-refractivity contribution >= 4 is 46.4 Å². The van der Waals surface area contributed by atoms with Gasteiger partial charge in [-0.05, 0) is 35.4 Å². The largest absolute Gasteiger partial charge is 0.345 e. The summed E-state index contributed by atoms with van der Waals surface area (Å²) in [6.45, 7) is 0.0436. The first-order valence-corrected chi connectivity index (χ1v) is 8.92. The topological polar surface area (TPSA) is 67.8 Å². The molecule has 0 aliphatic heterocycles. The smallest absolute Gasteiger partial charge is 0.267 e. The molecular formula is C17H11Cl4N3O2. The molecule has 0 unspecified atom stereocenters. The summed E-state index contributed by atoms with van der Waals surface area (Å²) < 4.78 is 1.05. The maximum Gasteiger partial charge on any atom is 0.345 e. The van der Waals surface area contributed by atoms with Crippen LogP contribution in [0.5, 0.6) is 0 Å². The molecule has 3 aromatic rings. The molecule has 26 heavy (non-hydrogen) atoms. The normalized spacial score (nSPS) is 10.9. The highest BCUT2D eigenvalue weighted by atomic mass is 35.5. The molecule has 0 spiro atoms. The zero-order chi connectivity index (χ0) is 18.8. The first kappa shape index (κ1) is 19.0. The van der Waals surface area contributed by atoms with Gasteiger partial charge in [0.1, 0.15) is 5.69 Å². The molecule has 5 nitrogen and oxygen atoms in total. The van der Waals surface area contributed by atoms with Gasteiger partial charge in [0.2, 0.25) is 0 Å². The van der Waals surface area contributed by atoms with E-state index < -0.39 is 11.2 Å². The van der Waals surface area contributed by atoms with Gasteiger partial charge in [0.25, 0.3) is 5.56 Å². The van der Waals surface area contributed by atoms with Crippen molar-refractivity contribution in [1.29, 1.82) is 0 Å². The first-order chi connectivity index (χ1) is 12.3. The molecule has 0 aliphatic carbocycles. The van der Waals surface area contributed by atoms with Crippen molar-refractivity contribution < 1.29 is 0 Å². The first-order valence-electron chi connectivity index (χ1n) is 7.41. The second kappa shape index (κ2) is 7.84. The Balaban J connectivity index is 1.95. The molecule has 0 bridgehead atoms. The van der Waals surface area contributed by atoms with E-state index in [1.165, 1.54) is 0 Å². The lowest BCUT2D eigenvalue weighted by molar-refractivity contribution is 0.648. The SMILES string of the molecule is O=c1[nH]nc(Cc2ccc(Cl)c(Cl)c2)c(=O)n1Cc1ccc(Cl)c(Cl)c1. The number of nitrogens with zero attached hydrogens (tertiary/aromatic N) is 2. The molecule has 0 radical (unpaired) electrons. The van der Waals surface area contributed by atoms with Crippen LogP contribution < -0.4 is 11.2 Å². The number of halogens is 4. The molecule has 0 atom stereocenters. The van der Waals surface area contributed by atoms with Gasteiger partial charge in [-0.3, -0.25) is 9.36 Å². The van der Waals surface area contributed by atoms with Gasteiger partial charge in [-0.25, -0.2) is 9.89 Å². The highest BCUT2D eigenvalue weighted by Crippen LogP contribution is 2.24. The van der Waals surface area contributed by atoms with Crippen LogP contribution in [0.3, 0.4) is 0 Å². The van der Waals surface area contributed by atoms with Crippen molar-refractivity contribution in [2.75, 3.05) is 0 Å². The lowest BCUT2D eigenvalue weighted by Crippen LogP contribution is -2.38. The highest BCUT2D eigenvalue weighted by molar-refractivity contribution is 6.42. The van der Waals surface area contributed by atoms with Crippen molar-refractivity contribution in [3.05, 3.63) is 94.1 Å². The number of aromatic amines is 1. The minimum absolute atomic E-state index is 0.0436. The van der Waals surface area contributed by atoms with Gasteiger partial charge in [0.05, 0.1) is 26.6 Å². The van der Waals surface area contributed by atoms with Crippen LogP contribution in [0.15, 0.2) is 46.0 Å². The van der Waals surface area contributed by atoms with Crippen LogP contribution >= 0.6 is 46.4 Å². The van der Waals surface area contributed by atoms with Gasteiger partial charge in [0.15, 0.2) is 0 Å². The van der Waals surface area contributed by atoms with E-state index in [1.54, 1.807) is 36.4 Å². The van der Waals surface area contributed by atoms with E-state index in [0.717, 1.165) is 10.1 Å². The van der Waals surface area contributed by atoms with Gasteiger partial charge < -0.3 is 0 Å². The van der Waals surface area contributed by atoms with Gasteiger partial charge >= 0.3 is 5.69 Å². The van der Waals surface area contributed by atoms with Crippen molar-refractivity contribution in [2.24, 2.45) is 0 Å². The summed E-state index contributed by atoms with van der Waals surface area (Å²) in [5.74, 6) is 0. The lowest BCUT2D eigenvalue weighted by Gasteiger charge is -2.08. The molecule has 3 rings (SSSR count). The quantitative estimate of drug-likeness (QED) is 0.674. The fourth-order valence-corrected chi connectivity index (χ4v) is 3.04.